The fourth-order valence-electron chi connectivity index (χ4n) is 3.26. The van der Waals surface area contributed by atoms with Crippen LogP contribution in [0.2, 0.25) is 0 Å². The Morgan fingerprint density at radius 1 is 1.09 bits per heavy atom. The minimum atomic E-state index is -4.52. The van der Waals surface area contributed by atoms with Crippen molar-refractivity contribution in [2.45, 2.75) is 19.1 Å². The maximum Gasteiger partial charge on any atom is 0.433 e. The summed E-state index contributed by atoms with van der Waals surface area (Å²) in [7, 11) is 0. The number of carbonyl (C=O) groups excluding carboxylic acids is 3. The standard InChI is InChI=1S/C21H18F3N3O5/c22-21(23,24)16-6-5-14(9-25-16)13-3-1-12(2-4-13)11-27-8-7-15(28)18(20(27)32)19(31)26-10-17(29)30/h1-6,9,18H,7-8,10-11H2,(H,26,31)(H,29,30). The van der Waals surface area contributed by atoms with Gasteiger partial charge in [0.05, 0.1) is 0 Å². The number of carboxylic acids is 1. The first-order valence-electron chi connectivity index (χ1n) is 9.50. The number of Topliss-reactive ketones (excluding diaryl/α,β-unsaturated/α-hetero) is 1. The van der Waals surface area contributed by atoms with Gasteiger partial charge in [-0.15, -0.1) is 0 Å². The van der Waals surface area contributed by atoms with Crippen molar-refractivity contribution in [3.05, 3.63) is 53.9 Å². The molecule has 1 fully saturated rings. The van der Waals surface area contributed by atoms with E-state index in [-0.39, 0.29) is 19.5 Å². The third kappa shape index (κ3) is 5.29. The number of hydrogen-bond donors (Lipinski definition) is 2. The summed E-state index contributed by atoms with van der Waals surface area (Å²) in [5.74, 6) is -5.11. The molecule has 32 heavy (non-hydrogen) atoms. The van der Waals surface area contributed by atoms with Gasteiger partial charge in [0.15, 0.2) is 11.7 Å². The van der Waals surface area contributed by atoms with Crippen molar-refractivity contribution in [1.29, 1.82) is 0 Å². The predicted octanol–water partition coefficient (Wildman–Crippen LogP) is 1.89. The van der Waals surface area contributed by atoms with Crippen molar-refractivity contribution in [2.75, 3.05) is 13.1 Å². The number of aromatic nitrogens is 1. The maximum atomic E-state index is 12.6. The van der Waals surface area contributed by atoms with Crippen molar-refractivity contribution in [3.63, 3.8) is 0 Å². The summed E-state index contributed by atoms with van der Waals surface area (Å²) >= 11 is 0. The van der Waals surface area contributed by atoms with Gasteiger partial charge < -0.3 is 15.3 Å². The van der Waals surface area contributed by atoms with E-state index in [1.54, 1.807) is 24.3 Å². The highest BCUT2D eigenvalue weighted by molar-refractivity contribution is 6.19. The number of rotatable bonds is 6. The van der Waals surface area contributed by atoms with Gasteiger partial charge in [-0.05, 0) is 17.2 Å². The predicted molar refractivity (Wildman–Crippen MR) is 104 cm³/mol. The zero-order valence-corrected chi connectivity index (χ0v) is 16.6. The molecule has 0 aliphatic carbocycles. The van der Waals surface area contributed by atoms with Crippen LogP contribution in [0.4, 0.5) is 13.2 Å². The van der Waals surface area contributed by atoms with Gasteiger partial charge in [-0.2, -0.15) is 13.2 Å². The molecule has 0 bridgehead atoms. The summed E-state index contributed by atoms with van der Waals surface area (Å²) in [6.07, 6.45) is -3.43. The number of aliphatic carboxylic acids is 1. The number of carbonyl (C=O) groups is 4. The van der Waals surface area contributed by atoms with Crippen LogP contribution in [-0.4, -0.2) is 51.6 Å². The van der Waals surface area contributed by atoms with Gasteiger partial charge in [0, 0.05) is 31.3 Å². The summed E-state index contributed by atoms with van der Waals surface area (Å²) in [6.45, 7) is -0.471. The highest BCUT2D eigenvalue weighted by Crippen LogP contribution is 2.29. The van der Waals surface area contributed by atoms with E-state index in [0.717, 1.165) is 12.3 Å². The first-order chi connectivity index (χ1) is 15.1. The Hall–Kier alpha value is -3.76. The Bertz CT molecular complexity index is 1040. The Morgan fingerprint density at radius 2 is 1.75 bits per heavy atom. The molecular formula is C21H18F3N3O5. The third-order valence-corrected chi connectivity index (χ3v) is 4.90. The highest BCUT2D eigenvalue weighted by atomic mass is 19.4. The van der Waals surface area contributed by atoms with Gasteiger partial charge in [-0.25, -0.2) is 0 Å². The summed E-state index contributed by atoms with van der Waals surface area (Å²) in [5, 5.41) is 10.7. The lowest BCUT2D eigenvalue weighted by molar-refractivity contribution is -0.152. The molecule has 1 unspecified atom stereocenters. The van der Waals surface area contributed by atoms with E-state index in [1.807, 2.05) is 0 Å². The van der Waals surface area contributed by atoms with E-state index in [4.69, 9.17) is 5.11 Å². The van der Waals surface area contributed by atoms with Crippen molar-refractivity contribution in [2.24, 2.45) is 5.92 Å². The smallest absolute Gasteiger partial charge is 0.433 e. The molecule has 1 aliphatic heterocycles. The van der Waals surface area contributed by atoms with Gasteiger partial charge in [0.2, 0.25) is 11.8 Å². The van der Waals surface area contributed by atoms with Crippen molar-refractivity contribution >= 4 is 23.6 Å². The summed E-state index contributed by atoms with van der Waals surface area (Å²) in [4.78, 5) is 52.1. The molecule has 168 valence electrons. The van der Waals surface area contributed by atoms with E-state index < -0.39 is 47.9 Å². The Morgan fingerprint density at radius 3 is 2.31 bits per heavy atom. The fraction of sp³-hybridized carbons (Fsp3) is 0.286. The number of halogens is 3. The Labute approximate surface area is 180 Å². The van der Waals surface area contributed by atoms with Crippen LogP contribution in [0.15, 0.2) is 42.6 Å². The number of benzene rings is 1. The number of hydrogen-bond acceptors (Lipinski definition) is 5. The molecular weight excluding hydrogens is 431 g/mol. The molecule has 8 nitrogen and oxygen atoms in total. The van der Waals surface area contributed by atoms with Crippen LogP contribution >= 0.6 is 0 Å². The van der Waals surface area contributed by atoms with Crippen molar-refractivity contribution < 1.29 is 37.5 Å². The Balaban J connectivity index is 1.68. The topological polar surface area (TPSA) is 117 Å². The van der Waals surface area contributed by atoms with Crippen LogP contribution in [0.25, 0.3) is 11.1 Å². The fourth-order valence-corrected chi connectivity index (χ4v) is 3.26. The number of piperidine rings is 1. The molecule has 1 aromatic heterocycles. The zero-order chi connectivity index (χ0) is 23.5. The molecule has 0 spiro atoms. The monoisotopic (exact) mass is 449 g/mol. The van der Waals surface area contributed by atoms with E-state index in [2.05, 4.69) is 10.3 Å². The van der Waals surface area contributed by atoms with Crippen LogP contribution < -0.4 is 5.32 Å². The second kappa shape index (κ2) is 9.16. The number of nitrogens with zero attached hydrogens (tertiary/aromatic N) is 2. The van der Waals surface area contributed by atoms with Crippen molar-refractivity contribution in [3.8, 4) is 11.1 Å². The molecule has 0 saturated carbocycles. The summed E-state index contributed by atoms with van der Waals surface area (Å²) in [6, 6.07) is 8.88. The van der Waals surface area contributed by atoms with Gasteiger partial charge in [-0.3, -0.25) is 24.2 Å². The van der Waals surface area contributed by atoms with Crippen LogP contribution in [0.3, 0.4) is 0 Å². The van der Waals surface area contributed by atoms with Crippen LogP contribution in [0.1, 0.15) is 17.7 Å². The second-order valence-corrected chi connectivity index (χ2v) is 7.15. The summed E-state index contributed by atoms with van der Waals surface area (Å²) < 4.78 is 37.9. The maximum absolute atomic E-state index is 12.6. The normalized spacial score (nSPS) is 16.7. The van der Waals surface area contributed by atoms with Gasteiger partial charge in [0.1, 0.15) is 12.2 Å². The van der Waals surface area contributed by atoms with Crippen LogP contribution in [-0.2, 0) is 31.9 Å². The minimum absolute atomic E-state index is 0.0355. The summed E-state index contributed by atoms with van der Waals surface area (Å²) in [5.41, 5.74) is 0.805. The molecule has 1 atom stereocenters. The Kier molecular flexibility index (Phi) is 6.56. The molecule has 2 aromatic rings. The first kappa shape index (κ1) is 22.9. The van der Waals surface area contributed by atoms with Gasteiger partial charge in [-0.1, -0.05) is 30.3 Å². The SMILES string of the molecule is O=C(O)CNC(=O)C1C(=O)CCN(Cc2ccc(-c3ccc(C(F)(F)F)nc3)cc2)C1=O. The zero-order valence-electron chi connectivity index (χ0n) is 16.6. The number of ketones is 1. The number of amides is 2. The number of alkyl halides is 3. The lowest BCUT2D eigenvalue weighted by Crippen LogP contribution is -2.52. The molecule has 3 rings (SSSR count). The molecule has 1 aliphatic rings. The van der Waals surface area contributed by atoms with Gasteiger partial charge in [0.25, 0.3) is 0 Å². The molecule has 2 amide bonds. The lowest BCUT2D eigenvalue weighted by atomic mass is 9.94. The molecule has 2 N–H and O–H groups in total. The van der Waals surface area contributed by atoms with Crippen LogP contribution in [0, 0.1) is 5.92 Å². The third-order valence-electron chi connectivity index (χ3n) is 4.90. The second-order valence-electron chi connectivity index (χ2n) is 7.15. The lowest BCUT2D eigenvalue weighted by Gasteiger charge is -2.30. The van der Waals surface area contributed by atoms with Crippen molar-refractivity contribution in [1.82, 2.24) is 15.2 Å². The number of carboxylic acid groups (broad SMARTS) is 1. The number of pyridine rings is 1. The number of likely N-dealkylation sites (tertiary alicyclic amines) is 1. The first-order valence-corrected chi connectivity index (χ1v) is 9.50. The molecule has 11 heteroatoms. The van der Waals surface area contributed by atoms with E-state index in [9.17, 15) is 32.3 Å². The van der Waals surface area contributed by atoms with E-state index in [1.165, 1.54) is 11.0 Å². The van der Waals surface area contributed by atoms with E-state index in [0.29, 0.717) is 16.7 Å². The molecule has 1 aromatic carbocycles. The molecule has 1 saturated heterocycles. The quantitative estimate of drug-likeness (QED) is 0.651. The average molecular weight is 449 g/mol. The molecule has 0 radical (unpaired) electrons. The number of nitrogens with one attached hydrogen (secondary N) is 1. The van der Waals surface area contributed by atoms with E-state index >= 15 is 0 Å². The minimum Gasteiger partial charge on any atom is -0.480 e. The molecule has 2 heterocycles. The van der Waals surface area contributed by atoms with Gasteiger partial charge >= 0.3 is 12.1 Å². The van der Waals surface area contributed by atoms with Crippen LogP contribution in [0.5, 0.6) is 0 Å². The average Bonchev–Trinajstić information content (AvgIpc) is 2.74. The largest absolute Gasteiger partial charge is 0.480 e. The highest BCUT2D eigenvalue weighted by Gasteiger charge is 2.40.